The van der Waals surface area contributed by atoms with Crippen LogP contribution in [0.15, 0.2) is 42.5 Å². The van der Waals surface area contributed by atoms with E-state index in [9.17, 15) is 4.79 Å². The average Bonchev–Trinajstić information content (AvgIpc) is 2.63. The minimum atomic E-state index is -0.234. The highest BCUT2D eigenvalue weighted by atomic mass is 35.5. The van der Waals surface area contributed by atoms with E-state index in [0.29, 0.717) is 22.2 Å². The molecule has 0 saturated carbocycles. The SMILES string of the molecule is CCNc1ccc(Oc2ccc(NC(=O)NC(CC)CC)cc2Cl)cc1. The normalized spacial score (nSPS) is 10.5. The highest BCUT2D eigenvalue weighted by molar-refractivity contribution is 6.32. The predicted molar refractivity (Wildman–Crippen MR) is 109 cm³/mol. The summed E-state index contributed by atoms with van der Waals surface area (Å²) in [6, 6.07) is 12.8. The summed E-state index contributed by atoms with van der Waals surface area (Å²) < 4.78 is 5.81. The molecule has 0 spiro atoms. The Morgan fingerprint density at radius 3 is 2.27 bits per heavy atom. The Hall–Kier alpha value is -2.40. The van der Waals surface area contributed by atoms with Crippen LogP contribution >= 0.6 is 11.6 Å². The largest absolute Gasteiger partial charge is 0.456 e. The van der Waals surface area contributed by atoms with Crippen LogP contribution in [0.5, 0.6) is 11.5 Å². The zero-order valence-electron chi connectivity index (χ0n) is 15.4. The lowest BCUT2D eigenvalue weighted by molar-refractivity contribution is 0.247. The summed E-state index contributed by atoms with van der Waals surface area (Å²) >= 11 is 6.29. The number of ether oxygens (including phenoxy) is 1. The summed E-state index contributed by atoms with van der Waals surface area (Å²) in [6.45, 7) is 7.00. The number of nitrogens with one attached hydrogen (secondary N) is 3. The van der Waals surface area contributed by atoms with Crippen molar-refractivity contribution in [3.8, 4) is 11.5 Å². The first-order valence-corrected chi connectivity index (χ1v) is 9.32. The van der Waals surface area contributed by atoms with Crippen LogP contribution in [0, 0.1) is 0 Å². The molecule has 0 heterocycles. The van der Waals surface area contributed by atoms with Crippen LogP contribution in [0.4, 0.5) is 16.2 Å². The van der Waals surface area contributed by atoms with Gasteiger partial charge in [-0.3, -0.25) is 0 Å². The molecule has 0 aliphatic rings. The molecule has 2 aromatic carbocycles. The van der Waals surface area contributed by atoms with Gasteiger partial charge in [0.15, 0.2) is 0 Å². The van der Waals surface area contributed by atoms with Gasteiger partial charge in [0.2, 0.25) is 0 Å². The molecule has 2 aromatic rings. The summed E-state index contributed by atoms with van der Waals surface area (Å²) in [5.74, 6) is 1.23. The number of carbonyl (C=O) groups excluding carboxylic acids is 1. The number of rotatable bonds is 8. The van der Waals surface area contributed by atoms with E-state index in [1.54, 1.807) is 18.2 Å². The van der Waals surface area contributed by atoms with Gasteiger partial charge in [0.25, 0.3) is 0 Å². The van der Waals surface area contributed by atoms with Gasteiger partial charge in [-0.1, -0.05) is 25.4 Å². The second kappa shape index (κ2) is 9.92. The Balaban J connectivity index is 1.99. The smallest absolute Gasteiger partial charge is 0.319 e. The van der Waals surface area contributed by atoms with Crippen LogP contribution in [0.1, 0.15) is 33.6 Å². The Kier molecular flexibility index (Phi) is 7.60. The number of hydrogen-bond donors (Lipinski definition) is 3. The third kappa shape index (κ3) is 5.85. The van der Waals surface area contributed by atoms with Crippen LogP contribution < -0.4 is 20.7 Å². The number of benzene rings is 2. The van der Waals surface area contributed by atoms with Crippen LogP contribution in [-0.4, -0.2) is 18.6 Å². The quantitative estimate of drug-likeness (QED) is 0.540. The zero-order valence-corrected chi connectivity index (χ0v) is 16.2. The third-order valence-corrected chi connectivity index (χ3v) is 4.27. The minimum absolute atomic E-state index is 0.165. The Morgan fingerprint density at radius 1 is 1.04 bits per heavy atom. The van der Waals surface area contributed by atoms with Crippen molar-refractivity contribution in [2.24, 2.45) is 0 Å². The molecule has 2 rings (SSSR count). The van der Waals surface area contributed by atoms with Crippen molar-refractivity contribution in [3.63, 3.8) is 0 Å². The second-order valence-electron chi connectivity index (χ2n) is 5.91. The molecule has 5 nitrogen and oxygen atoms in total. The fraction of sp³-hybridized carbons (Fsp3) is 0.350. The Labute approximate surface area is 160 Å². The molecule has 3 N–H and O–H groups in total. The first-order valence-electron chi connectivity index (χ1n) is 8.94. The van der Waals surface area contributed by atoms with Gasteiger partial charge in [0, 0.05) is 24.0 Å². The predicted octanol–water partition coefficient (Wildman–Crippen LogP) is 5.87. The van der Waals surface area contributed by atoms with Crippen molar-refractivity contribution in [1.82, 2.24) is 5.32 Å². The summed E-state index contributed by atoms with van der Waals surface area (Å²) in [5.41, 5.74) is 1.65. The molecule has 0 fully saturated rings. The molecule has 2 amide bonds. The van der Waals surface area contributed by atoms with Gasteiger partial charge >= 0.3 is 6.03 Å². The maximum absolute atomic E-state index is 12.0. The molecule has 0 unspecified atom stereocenters. The van der Waals surface area contributed by atoms with E-state index in [0.717, 1.165) is 25.1 Å². The standard InChI is InChI=1S/C20H26ClN3O2/c1-4-14(5-2)23-20(25)24-16-9-12-19(18(21)13-16)26-17-10-7-15(8-11-17)22-6-3/h7-14,22H,4-6H2,1-3H3,(H2,23,24,25). The number of halogens is 1. The van der Waals surface area contributed by atoms with Crippen LogP contribution in [0.25, 0.3) is 0 Å². The van der Waals surface area contributed by atoms with Crippen LogP contribution in [0.3, 0.4) is 0 Å². The molecule has 6 heteroatoms. The fourth-order valence-corrected chi connectivity index (χ4v) is 2.70. The monoisotopic (exact) mass is 375 g/mol. The Bertz CT molecular complexity index is 715. The topological polar surface area (TPSA) is 62.4 Å². The molecule has 0 atom stereocenters. The molecular weight excluding hydrogens is 350 g/mol. The van der Waals surface area contributed by atoms with E-state index in [4.69, 9.17) is 16.3 Å². The lowest BCUT2D eigenvalue weighted by Crippen LogP contribution is -2.37. The van der Waals surface area contributed by atoms with Crippen molar-refractivity contribution < 1.29 is 9.53 Å². The highest BCUT2D eigenvalue weighted by Gasteiger charge is 2.10. The van der Waals surface area contributed by atoms with E-state index < -0.39 is 0 Å². The maximum atomic E-state index is 12.0. The van der Waals surface area contributed by atoms with Crippen molar-refractivity contribution in [2.75, 3.05) is 17.2 Å². The van der Waals surface area contributed by atoms with E-state index in [1.165, 1.54) is 0 Å². The summed E-state index contributed by atoms with van der Waals surface area (Å²) in [5, 5.41) is 9.38. The molecule has 140 valence electrons. The molecule has 0 aliphatic carbocycles. The number of urea groups is 1. The first kappa shape index (κ1) is 19.9. The third-order valence-electron chi connectivity index (χ3n) is 3.97. The summed E-state index contributed by atoms with van der Waals surface area (Å²) in [7, 11) is 0. The lowest BCUT2D eigenvalue weighted by atomic mass is 10.2. The molecule has 0 bridgehead atoms. The second-order valence-corrected chi connectivity index (χ2v) is 6.32. The summed E-state index contributed by atoms with van der Waals surface area (Å²) in [6.07, 6.45) is 1.79. The van der Waals surface area contributed by atoms with E-state index >= 15 is 0 Å². The lowest BCUT2D eigenvalue weighted by Gasteiger charge is -2.16. The first-order chi connectivity index (χ1) is 12.5. The molecule has 26 heavy (non-hydrogen) atoms. The van der Waals surface area contributed by atoms with Gasteiger partial charge in [-0.15, -0.1) is 0 Å². The fourth-order valence-electron chi connectivity index (χ4n) is 2.48. The number of anilines is 2. The van der Waals surface area contributed by atoms with Gasteiger partial charge in [-0.25, -0.2) is 4.79 Å². The molecule has 0 aromatic heterocycles. The zero-order chi connectivity index (χ0) is 18.9. The van der Waals surface area contributed by atoms with Crippen molar-refractivity contribution in [1.29, 1.82) is 0 Å². The average molecular weight is 376 g/mol. The van der Waals surface area contributed by atoms with Crippen molar-refractivity contribution >= 4 is 29.0 Å². The molecule has 0 radical (unpaired) electrons. The van der Waals surface area contributed by atoms with Crippen LogP contribution in [0.2, 0.25) is 5.02 Å². The van der Waals surface area contributed by atoms with Crippen molar-refractivity contribution in [2.45, 2.75) is 39.7 Å². The summed E-state index contributed by atoms with van der Waals surface area (Å²) in [4.78, 5) is 12.0. The van der Waals surface area contributed by atoms with E-state index in [1.807, 2.05) is 45.0 Å². The van der Waals surface area contributed by atoms with E-state index in [2.05, 4.69) is 16.0 Å². The number of hydrogen-bond acceptors (Lipinski definition) is 3. The minimum Gasteiger partial charge on any atom is -0.456 e. The van der Waals surface area contributed by atoms with Gasteiger partial charge < -0.3 is 20.7 Å². The van der Waals surface area contributed by atoms with E-state index in [-0.39, 0.29) is 12.1 Å². The van der Waals surface area contributed by atoms with Gasteiger partial charge in [-0.2, -0.15) is 0 Å². The van der Waals surface area contributed by atoms with Crippen molar-refractivity contribution in [3.05, 3.63) is 47.5 Å². The van der Waals surface area contributed by atoms with Crippen LogP contribution in [-0.2, 0) is 0 Å². The molecular formula is C20H26ClN3O2. The van der Waals surface area contributed by atoms with Gasteiger partial charge in [0.1, 0.15) is 11.5 Å². The molecule has 0 saturated heterocycles. The molecule has 0 aliphatic heterocycles. The number of amides is 2. The Morgan fingerprint density at radius 2 is 1.69 bits per heavy atom. The maximum Gasteiger partial charge on any atom is 0.319 e. The van der Waals surface area contributed by atoms with Gasteiger partial charge in [0.05, 0.1) is 5.02 Å². The highest BCUT2D eigenvalue weighted by Crippen LogP contribution is 2.32. The van der Waals surface area contributed by atoms with Gasteiger partial charge in [-0.05, 0) is 62.2 Å². The number of carbonyl (C=O) groups is 1.